The number of benzene rings is 1. The molecule has 0 radical (unpaired) electrons. The Morgan fingerprint density at radius 3 is 2.14 bits per heavy atom. The number of hydrogen-bond donors (Lipinski definition) is 0. The number of nitrogens with zero attached hydrogens (tertiary/aromatic N) is 2. The van der Waals surface area contributed by atoms with Crippen molar-refractivity contribution in [2.45, 2.75) is 69.8 Å². The van der Waals surface area contributed by atoms with Gasteiger partial charge in [0.25, 0.3) is 0 Å². The van der Waals surface area contributed by atoms with Gasteiger partial charge in [-0.1, -0.05) is 30.3 Å². The molecule has 3 rings (SSSR count). The largest absolute Gasteiger partial charge is 0.391 e. The molecule has 208 valence electrons. The molecule has 11 heteroatoms. The summed E-state index contributed by atoms with van der Waals surface area (Å²) in [5.41, 5.74) is 0.890. The fraction of sp³-hybridized carbons (Fsp3) is 0.692. The summed E-state index contributed by atoms with van der Waals surface area (Å²) in [6.07, 6.45) is -11.3. The zero-order chi connectivity index (χ0) is 27.2. The normalized spacial score (nSPS) is 22.7. The molecule has 0 bridgehead atoms. The number of alkyl halides is 6. The van der Waals surface area contributed by atoms with Crippen molar-refractivity contribution in [3.63, 3.8) is 0 Å². The van der Waals surface area contributed by atoms with Gasteiger partial charge in [-0.2, -0.15) is 26.3 Å². The summed E-state index contributed by atoms with van der Waals surface area (Å²) in [4.78, 5) is 28.3. The molecule has 2 fully saturated rings. The Labute approximate surface area is 213 Å². The van der Waals surface area contributed by atoms with Crippen LogP contribution in [0.15, 0.2) is 30.3 Å². The number of amides is 2. The highest BCUT2D eigenvalue weighted by atomic mass is 19.4. The first kappa shape index (κ1) is 29.3. The third kappa shape index (κ3) is 8.61. The van der Waals surface area contributed by atoms with Gasteiger partial charge in [-0.05, 0) is 37.7 Å². The molecule has 2 aliphatic heterocycles. The highest BCUT2D eigenvalue weighted by Gasteiger charge is 2.42. The lowest BCUT2D eigenvalue weighted by molar-refractivity contribution is -0.194. The van der Waals surface area contributed by atoms with Crippen LogP contribution < -0.4 is 0 Å². The summed E-state index contributed by atoms with van der Waals surface area (Å²) in [6, 6.07) is 9.26. The van der Waals surface area contributed by atoms with E-state index in [-0.39, 0.29) is 30.3 Å². The van der Waals surface area contributed by atoms with Crippen LogP contribution in [0.4, 0.5) is 26.3 Å². The molecule has 0 aromatic heterocycles. The van der Waals surface area contributed by atoms with Gasteiger partial charge in [-0.25, -0.2) is 0 Å². The summed E-state index contributed by atoms with van der Waals surface area (Å²) in [7, 11) is 0. The van der Waals surface area contributed by atoms with Crippen LogP contribution in [-0.2, 0) is 14.3 Å². The van der Waals surface area contributed by atoms with Crippen LogP contribution in [0.25, 0.3) is 0 Å². The number of likely N-dealkylation sites (tertiary alicyclic amines) is 2. The van der Waals surface area contributed by atoms with E-state index in [4.69, 9.17) is 4.74 Å². The minimum Gasteiger partial charge on any atom is -0.377 e. The Bertz CT molecular complexity index is 885. The number of carbonyl (C=O) groups excluding carboxylic acids is 2. The fourth-order valence-corrected chi connectivity index (χ4v) is 5.22. The Morgan fingerprint density at radius 2 is 1.57 bits per heavy atom. The summed E-state index contributed by atoms with van der Waals surface area (Å²) >= 11 is 0. The maximum atomic E-state index is 13.3. The van der Waals surface area contributed by atoms with Gasteiger partial charge >= 0.3 is 12.4 Å². The van der Waals surface area contributed by atoms with Gasteiger partial charge in [0.1, 0.15) is 0 Å². The van der Waals surface area contributed by atoms with E-state index in [1.807, 2.05) is 30.3 Å². The highest BCUT2D eigenvalue weighted by molar-refractivity contribution is 5.80. The third-order valence-electron chi connectivity index (χ3n) is 7.42. The van der Waals surface area contributed by atoms with Gasteiger partial charge in [-0.3, -0.25) is 9.59 Å². The van der Waals surface area contributed by atoms with Gasteiger partial charge in [0.05, 0.1) is 12.0 Å². The topological polar surface area (TPSA) is 49.9 Å². The first-order valence-corrected chi connectivity index (χ1v) is 12.7. The highest BCUT2D eigenvalue weighted by Crippen LogP contribution is 2.37. The van der Waals surface area contributed by atoms with E-state index >= 15 is 0 Å². The molecule has 2 aliphatic rings. The van der Waals surface area contributed by atoms with Gasteiger partial charge in [0.15, 0.2) is 0 Å². The van der Waals surface area contributed by atoms with Crippen molar-refractivity contribution in [1.82, 2.24) is 9.80 Å². The first-order valence-electron chi connectivity index (χ1n) is 12.7. The van der Waals surface area contributed by atoms with Crippen LogP contribution in [-0.4, -0.2) is 72.9 Å². The molecule has 5 nitrogen and oxygen atoms in total. The minimum atomic E-state index is -4.73. The second kappa shape index (κ2) is 12.5. The lowest BCUT2D eigenvalue weighted by Gasteiger charge is -2.41. The monoisotopic (exact) mass is 536 g/mol. The molecule has 0 saturated carbocycles. The van der Waals surface area contributed by atoms with Crippen LogP contribution >= 0.6 is 0 Å². The molecular weight excluding hydrogens is 502 g/mol. The predicted octanol–water partition coefficient (Wildman–Crippen LogP) is 5.56. The molecule has 3 atom stereocenters. The first-order chi connectivity index (χ1) is 17.3. The average molecular weight is 537 g/mol. The zero-order valence-corrected chi connectivity index (χ0v) is 20.9. The standard InChI is InChI=1S/C26H34F6N2O3/c1-18(35)33-13-8-20(9-14-33)24(36)34-15-10-23(22(17-34)19-5-3-2-4-6-19)37-16-11-21(26(30,31)32)7-12-25(27,28)29/h2-6,20-23H,7-17H2,1H3/t21?,22-,23-/m1/s1. The van der Waals surface area contributed by atoms with Crippen LogP contribution in [0.5, 0.6) is 0 Å². The molecular formula is C26H34F6N2O3. The maximum Gasteiger partial charge on any atom is 0.391 e. The van der Waals surface area contributed by atoms with Crippen LogP contribution in [0.3, 0.4) is 0 Å². The van der Waals surface area contributed by atoms with Crippen molar-refractivity contribution in [1.29, 1.82) is 0 Å². The Balaban J connectivity index is 1.62. The van der Waals surface area contributed by atoms with Gasteiger partial charge in [0.2, 0.25) is 11.8 Å². The molecule has 1 unspecified atom stereocenters. The van der Waals surface area contributed by atoms with E-state index in [1.54, 1.807) is 9.80 Å². The minimum absolute atomic E-state index is 0.00636. The Hall–Kier alpha value is -2.30. The molecule has 1 aromatic rings. The van der Waals surface area contributed by atoms with Crippen molar-refractivity contribution >= 4 is 11.8 Å². The van der Waals surface area contributed by atoms with Crippen molar-refractivity contribution in [2.75, 3.05) is 32.8 Å². The van der Waals surface area contributed by atoms with Crippen LogP contribution in [0, 0.1) is 11.8 Å². The summed E-state index contributed by atoms with van der Waals surface area (Å²) in [5.74, 6) is -2.56. The second-order valence-electron chi connectivity index (χ2n) is 9.96. The number of ether oxygens (including phenoxy) is 1. The quantitative estimate of drug-likeness (QED) is 0.409. The number of carbonyl (C=O) groups is 2. The van der Waals surface area contributed by atoms with Crippen molar-refractivity contribution in [3.05, 3.63) is 35.9 Å². The number of halogens is 6. The van der Waals surface area contributed by atoms with E-state index in [0.717, 1.165) is 5.56 Å². The van der Waals surface area contributed by atoms with Crippen LogP contribution in [0.2, 0.25) is 0 Å². The zero-order valence-electron chi connectivity index (χ0n) is 20.9. The van der Waals surface area contributed by atoms with Gasteiger partial charge < -0.3 is 14.5 Å². The van der Waals surface area contributed by atoms with Crippen molar-refractivity contribution < 1.29 is 40.7 Å². The van der Waals surface area contributed by atoms with E-state index in [1.165, 1.54) is 6.92 Å². The van der Waals surface area contributed by atoms with Gasteiger partial charge in [0, 0.05) is 58.0 Å². The van der Waals surface area contributed by atoms with E-state index in [0.29, 0.717) is 45.4 Å². The molecule has 0 N–H and O–H groups in total. The SMILES string of the molecule is CC(=O)N1CCC(C(=O)N2CC[C@@H](OCCC(CCC(F)(F)F)C(F)(F)F)[C@@H](c3ccccc3)C2)CC1. The van der Waals surface area contributed by atoms with Crippen molar-refractivity contribution in [2.24, 2.45) is 11.8 Å². The van der Waals surface area contributed by atoms with Gasteiger partial charge in [-0.15, -0.1) is 0 Å². The van der Waals surface area contributed by atoms with Crippen LogP contribution in [0.1, 0.15) is 56.9 Å². The number of piperidine rings is 2. The number of rotatable bonds is 8. The molecule has 2 amide bonds. The molecule has 0 aliphatic carbocycles. The molecule has 2 heterocycles. The Morgan fingerprint density at radius 1 is 0.946 bits per heavy atom. The second-order valence-corrected chi connectivity index (χ2v) is 9.96. The maximum absolute atomic E-state index is 13.3. The van der Waals surface area contributed by atoms with Crippen molar-refractivity contribution in [3.8, 4) is 0 Å². The molecule has 1 aromatic carbocycles. The summed E-state index contributed by atoms with van der Waals surface area (Å²) < 4.78 is 83.3. The molecule has 2 saturated heterocycles. The predicted molar refractivity (Wildman–Crippen MR) is 125 cm³/mol. The van der Waals surface area contributed by atoms with E-state index in [2.05, 4.69) is 0 Å². The number of hydrogen-bond acceptors (Lipinski definition) is 3. The smallest absolute Gasteiger partial charge is 0.377 e. The Kier molecular flexibility index (Phi) is 9.88. The lowest BCUT2D eigenvalue weighted by atomic mass is 9.86. The summed E-state index contributed by atoms with van der Waals surface area (Å²) in [6.45, 7) is 2.98. The molecule has 37 heavy (non-hydrogen) atoms. The lowest BCUT2D eigenvalue weighted by Crippen LogP contribution is -2.50. The van der Waals surface area contributed by atoms with E-state index in [9.17, 15) is 35.9 Å². The molecule has 0 spiro atoms. The summed E-state index contributed by atoms with van der Waals surface area (Å²) in [5, 5.41) is 0. The third-order valence-corrected chi connectivity index (χ3v) is 7.42. The van der Waals surface area contributed by atoms with E-state index < -0.39 is 43.6 Å². The average Bonchev–Trinajstić information content (AvgIpc) is 2.85. The fourth-order valence-electron chi connectivity index (χ4n) is 5.22.